The molecule has 86 valence electrons. The summed E-state index contributed by atoms with van der Waals surface area (Å²) in [4.78, 5) is 12.7. The molecule has 2 rings (SSSR count). The number of thioether (sulfide) groups is 1. The van der Waals surface area contributed by atoms with Gasteiger partial charge < -0.3 is 10.6 Å². The zero-order chi connectivity index (χ0) is 11.7. The molecule has 1 atom stereocenters. The van der Waals surface area contributed by atoms with Crippen molar-refractivity contribution in [3.63, 3.8) is 0 Å². The fraction of sp³-hybridized carbons (Fsp3) is 0.364. The lowest BCUT2D eigenvalue weighted by Crippen LogP contribution is -2.27. The standard InChI is InChI=1S/C11H13ClN2OS/c1-3-13-10-6-4-7(12)9(16-2)5-8(6)14-11(10)15/h4-5,10,13H,3H2,1-2H3,(H,14,15). The second kappa shape index (κ2) is 4.65. The van der Waals surface area contributed by atoms with Crippen LogP contribution in [-0.4, -0.2) is 18.7 Å². The van der Waals surface area contributed by atoms with E-state index in [1.807, 2.05) is 25.3 Å². The van der Waals surface area contributed by atoms with Crippen molar-refractivity contribution in [3.05, 3.63) is 22.7 Å². The van der Waals surface area contributed by atoms with Crippen LogP contribution in [0, 0.1) is 0 Å². The summed E-state index contributed by atoms with van der Waals surface area (Å²) in [6, 6.07) is 3.53. The predicted octanol–water partition coefficient (Wildman–Crippen LogP) is 2.66. The quantitative estimate of drug-likeness (QED) is 0.817. The normalized spacial score (nSPS) is 18.4. The van der Waals surface area contributed by atoms with E-state index in [0.717, 1.165) is 22.7 Å². The highest BCUT2D eigenvalue weighted by molar-refractivity contribution is 7.98. The zero-order valence-corrected chi connectivity index (χ0v) is 10.7. The number of anilines is 1. The number of hydrogen-bond acceptors (Lipinski definition) is 3. The number of nitrogens with one attached hydrogen (secondary N) is 2. The lowest BCUT2D eigenvalue weighted by Gasteiger charge is -2.10. The number of hydrogen-bond donors (Lipinski definition) is 2. The molecular formula is C11H13ClN2OS. The molecule has 1 aromatic rings. The summed E-state index contributed by atoms with van der Waals surface area (Å²) < 4.78 is 0. The van der Waals surface area contributed by atoms with Crippen LogP contribution in [0.25, 0.3) is 0 Å². The molecule has 1 aromatic carbocycles. The first kappa shape index (κ1) is 11.8. The van der Waals surface area contributed by atoms with E-state index in [1.54, 1.807) is 11.8 Å². The van der Waals surface area contributed by atoms with E-state index >= 15 is 0 Å². The summed E-state index contributed by atoms with van der Waals surface area (Å²) in [5.41, 5.74) is 1.80. The first-order valence-electron chi connectivity index (χ1n) is 5.09. The van der Waals surface area contributed by atoms with E-state index in [2.05, 4.69) is 10.6 Å². The summed E-state index contributed by atoms with van der Waals surface area (Å²) in [6.07, 6.45) is 1.96. The van der Waals surface area contributed by atoms with Crippen molar-refractivity contribution in [3.8, 4) is 0 Å². The number of carbonyl (C=O) groups excluding carboxylic acids is 1. The van der Waals surface area contributed by atoms with Gasteiger partial charge in [-0.05, 0) is 24.9 Å². The van der Waals surface area contributed by atoms with Crippen LogP contribution in [0.1, 0.15) is 18.5 Å². The van der Waals surface area contributed by atoms with Crippen molar-refractivity contribution in [2.45, 2.75) is 17.9 Å². The molecule has 1 amide bonds. The number of likely N-dealkylation sites (N-methyl/N-ethyl adjacent to an activating group) is 1. The van der Waals surface area contributed by atoms with Crippen LogP contribution in [0.4, 0.5) is 5.69 Å². The van der Waals surface area contributed by atoms with Crippen LogP contribution >= 0.6 is 23.4 Å². The highest BCUT2D eigenvalue weighted by Crippen LogP contribution is 2.38. The van der Waals surface area contributed by atoms with Crippen LogP contribution in [0.3, 0.4) is 0 Å². The second-order valence-electron chi connectivity index (χ2n) is 3.55. The first-order valence-corrected chi connectivity index (χ1v) is 6.69. The molecule has 1 aliphatic rings. The van der Waals surface area contributed by atoms with Gasteiger partial charge in [0.15, 0.2) is 0 Å². The minimum atomic E-state index is -0.270. The van der Waals surface area contributed by atoms with Crippen molar-refractivity contribution in [2.24, 2.45) is 0 Å². The average Bonchev–Trinajstić information content (AvgIpc) is 2.55. The summed E-state index contributed by atoms with van der Waals surface area (Å²) in [6.45, 7) is 2.72. The molecule has 0 fully saturated rings. The molecule has 0 spiro atoms. The Morgan fingerprint density at radius 3 is 2.94 bits per heavy atom. The molecule has 0 saturated carbocycles. The van der Waals surface area contributed by atoms with Crippen molar-refractivity contribution < 1.29 is 4.79 Å². The summed E-state index contributed by atoms with van der Waals surface area (Å²) >= 11 is 7.71. The van der Waals surface area contributed by atoms with Crippen LogP contribution < -0.4 is 10.6 Å². The Morgan fingerprint density at radius 2 is 2.31 bits per heavy atom. The van der Waals surface area contributed by atoms with Gasteiger partial charge in [0.1, 0.15) is 6.04 Å². The van der Waals surface area contributed by atoms with E-state index in [9.17, 15) is 4.79 Å². The van der Waals surface area contributed by atoms with Gasteiger partial charge in [-0.2, -0.15) is 0 Å². The predicted molar refractivity (Wildman–Crippen MR) is 68.3 cm³/mol. The lowest BCUT2D eigenvalue weighted by atomic mass is 10.1. The number of fused-ring (bicyclic) bond motifs is 1. The highest BCUT2D eigenvalue weighted by atomic mass is 35.5. The fourth-order valence-electron chi connectivity index (χ4n) is 1.83. The third kappa shape index (κ3) is 1.93. The number of halogens is 1. The van der Waals surface area contributed by atoms with Crippen molar-refractivity contribution in [1.82, 2.24) is 5.32 Å². The van der Waals surface area contributed by atoms with Gasteiger partial charge in [0, 0.05) is 16.1 Å². The molecule has 1 aliphatic heterocycles. The van der Waals surface area contributed by atoms with E-state index in [0.29, 0.717) is 5.02 Å². The Hall–Kier alpha value is -0.710. The third-order valence-corrected chi connectivity index (χ3v) is 3.77. The maximum Gasteiger partial charge on any atom is 0.246 e. The molecule has 1 unspecified atom stereocenters. The molecule has 0 radical (unpaired) electrons. The highest BCUT2D eigenvalue weighted by Gasteiger charge is 2.30. The van der Waals surface area contributed by atoms with E-state index in [-0.39, 0.29) is 11.9 Å². The van der Waals surface area contributed by atoms with Gasteiger partial charge in [-0.15, -0.1) is 11.8 Å². The minimum Gasteiger partial charge on any atom is -0.324 e. The molecule has 0 saturated heterocycles. The van der Waals surface area contributed by atoms with Gasteiger partial charge in [0.05, 0.1) is 5.02 Å². The molecule has 0 aromatic heterocycles. The number of benzene rings is 1. The third-order valence-electron chi connectivity index (χ3n) is 2.56. The Kier molecular flexibility index (Phi) is 3.42. The van der Waals surface area contributed by atoms with E-state index in [1.165, 1.54) is 0 Å². The molecule has 3 nitrogen and oxygen atoms in total. The largest absolute Gasteiger partial charge is 0.324 e. The summed E-state index contributed by atoms with van der Waals surface area (Å²) in [5.74, 6) is -0.00818. The minimum absolute atomic E-state index is 0.00818. The van der Waals surface area contributed by atoms with Crippen LogP contribution in [-0.2, 0) is 4.79 Å². The average molecular weight is 257 g/mol. The molecule has 16 heavy (non-hydrogen) atoms. The van der Waals surface area contributed by atoms with Gasteiger partial charge in [-0.3, -0.25) is 4.79 Å². The maximum atomic E-state index is 11.7. The van der Waals surface area contributed by atoms with Gasteiger partial charge in [-0.1, -0.05) is 18.5 Å². The number of carbonyl (C=O) groups is 1. The van der Waals surface area contributed by atoms with Crippen molar-refractivity contribution in [2.75, 3.05) is 18.1 Å². The molecule has 0 aliphatic carbocycles. The van der Waals surface area contributed by atoms with Crippen LogP contribution in [0.15, 0.2) is 17.0 Å². The monoisotopic (exact) mass is 256 g/mol. The van der Waals surface area contributed by atoms with Gasteiger partial charge in [0.25, 0.3) is 0 Å². The summed E-state index contributed by atoms with van der Waals surface area (Å²) in [5, 5.41) is 6.70. The number of rotatable bonds is 3. The lowest BCUT2D eigenvalue weighted by molar-refractivity contribution is -0.117. The van der Waals surface area contributed by atoms with Gasteiger partial charge >= 0.3 is 0 Å². The topological polar surface area (TPSA) is 41.1 Å². The molecular weight excluding hydrogens is 244 g/mol. The van der Waals surface area contributed by atoms with Gasteiger partial charge in [-0.25, -0.2) is 0 Å². The Labute approximate surface area is 104 Å². The first-order chi connectivity index (χ1) is 7.67. The van der Waals surface area contributed by atoms with Gasteiger partial charge in [0.2, 0.25) is 5.91 Å². The van der Waals surface area contributed by atoms with E-state index in [4.69, 9.17) is 11.6 Å². The number of amides is 1. The SMILES string of the molecule is CCNC1C(=O)Nc2cc(SC)c(Cl)cc21. The Bertz CT molecular complexity index is 436. The molecule has 2 N–H and O–H groups in total. The van der Waals surface area contributed by atoms with E-state index < -0.39 is 0 Å². The zero-order valence-electron chi connectivity index (χ0n) is 9.13. The van der Waals surface area contributed by atoms with Crippen LogP contribution in [0.2, 0.25) is 5.02 Å². The van der Waals surface area contributed by atoms with Crippen LogP contribution in [0.5, 0.6) is 0 Å². The Morgan fingerprint density at radius 1 is 1.56 bits per heavy atom. The fourth-order valence-corrected chi connectivity index (χ4v) is 2.72. The maximum absolute atomic E-state index is 11.7. The molecule has 1 heterocycles. The Balaban J connectivity index is 2.43. The second-order valence-corrected chi connectivity index (χ2v) is 4.81. The summed E-state index contributed by atoms with van der Waals surface area (Å²) in [7, 11) is 0. The van der Waals surface area contributed by atoms with Crippen molar-refractivity contribution in [1.29, 1.82) is 0 Å². The smallest absolute Gasteiger partial charge is 0.246 e. The molecule has 5 heteroatoms. The molecule has 0 bridgehead atoms. The van der Waals surface area contributed by atoms with Crippen molar-refractivity contribution >= 4 is 35.0 Å².